The van der Waals surface area contributed by atoms with Crippen LogP contribution in [0.15, 0.2) is 12.1 Å². The van der Waals surface area contributed by atoms with Crippen LogP contribution in [0, 0.1) is 16.0 Å². The summed E-state index contributed by atoms with van der Waals surface area (Å²) in [6.45, 7) is 0.0514. The number of carbonyl (C=O) groups is 1. The lowest BCUT2D eigenvalue weighted by molar-refractivity contribution is -0.389. The van der Waals surface area contributed by atoms with Gasteiger partial charge in [0.1, 0.15) is 0 Å². The molecule has 3 N–H and O–H groups in total. The standard InChI is InChI=1S/C11H15N3O4/c15-6-7-2-1-3-8(7)13-11(16)9-4-5-10(12-9)14(17)18/h4-5,7-8,12,15H,1-3,6H2,(H,13,16). The first-order valence-corrected chi connectivity index (χ1v) is 5.87. The number of aromatic nitrogens is 1. The lowest BCUT2D eigenvalue weighted by atomic mass is 10.1. The first kappa shape index (κ1) is 12.6. The van der Waals surface area contributed by atoms with Gasteiger partial charge in [0.25, 0.3) is 5.91 Å². The summed E-state index contributed by atoms with van der Waals surface area (Å²) in [6, 6.07) is 2.59. The van der Waals surface area contributed by atoms with Crippen LogP contribution in [0.3, 0.4) is 0 Å². The molecular weight excluding hydrogens is 238 g/mol. The van der Waals surface area contributed by atoms with Crippen LogP contribution in [-0.4, -0.2) is 33.6 Å². The second kappa shape index (κ2) is 5.18. The first-order chi connectivity index (χ1) is 8.61. The SMILES string of the molecule is O=C(NC1CCCC1CO)c1ccc([N+](=O)[O-])[nH]1. The van der Waals surface area contributed by atoms with Gasteiger partial charge in [0, 0.05) is 24.6 Å². The number of nitrogens with zero attached hydrogens (tertiary/aromatic N) is 1. The third-order valence-corrected chi connectivity index (χ3v) is 3.32. The molecule has 98 valence electrons. The topological polar surface area (TPSA) is 108 Å². The summed E-state index contributed by atoms with van der Waals surface area (Å²) in [4.78, 5) is 24.2. The molecule has 1 amide bonds. The van der Waals surface area contributed by atoms with Gasteiger partial charge in [0.15, 0.2) is 5.69 Å². The van der Waals surface area contributed by atoms with E-state index in [1.165, 1.54) is 12.1 Å². The predicted molar refractivity (Wildman–Crippen MR) is 63.1 cm³/mol. The van der Waals surface area contributed by atoms with Crippen LogP contribution >= 0.6 is 0 Å². The smallest absolute Gasteiger partial charge is 0.321 e. The molecule has 7 nitrogen and oxygen atoms in total. The van der Waals surface area contributed by atoms with Gasteiger partial charge in [-0.3, -0.25) is 4.79 Å². The molecule has 0 bridgehead atoms. The third kappa shape index (κ3) is 2.51. The number of aliphatic hydroxyl groups is 1. The Kier molecular flexibility index (Phi) is 3.61. The number of carbonyl (C=O) groups excluding carboxylic acids is 1. The average Bonchev–Trinajstić information content (AvgIpc) is 2.96. The monoisotopic (exact) mass is 253 g/mol. The van der Waals surface area contributed by atoms with Crippen LogP contribution in [0.5, 0.6) is 0 Å². The summed E-state index contributed by atoms with van der Waals surface area (Å²) < 4.78 is 0. The largest absolute Gasteiger partial charge is 0.396 e. The number of rotatable bonds is 4. The van der Waals surface area contributed by atoms with E-state index in [4.69, 9.17) is 5.11 Å². The molecule has 7 heteroatoms. The van der Waals surface area contributed by atoms with Crippen LogP contribution in [0.25, 0.3) is 0 Å². The van der Waals surface area contributed by atoms with Crippen LogP contribution in [0.1, 0.15) is 29.8 Å². The van der Waals surface area contributed by atoms with E-state index in [1.54, 1.807) is 0 Å². The van der Waals surface area contributed by atoms with Gasteiger partial charge in [-0.1, -0.05) is 6.42 Å². The Hall–Kier alpha value is -1.89. The number of nitro groups is 1. The lowest BCUT2D eigenvalue weighted by Crippen LogP contribution is -2.38. The highest BCUT2D eigenvalue weighted by atomic mass is 16.6. The van der Waals surface area contributed by atoms with Crippen LogP contribution in [0.2, 0.25) is 0 Å². The Labute approximate surface area is 103 Å². The fourth-order valence-electron chi connectivity index (χ4n) is 2.31. The fourth-order valence-corrected chi connectivity index (χ4v) is 2.31. The van der Waals surface area contributed by atoms with E-state index < -0.39 is 4.92 Å². The maximum absolute atomic E-state index is 11.9. The minimum atomic E-state index is -0.580. The minimum Gasteiger partial charge on any atom is -0.396 e. The zero-order valence-electron chi connectivity index (χ0n) is 9.76. The third-order valence-electron chi connectivity index (χ3n) is 3.32. The molecule has 2 atom stereocenters. The van der Waals surface area contributed by atoms with E-state index in [0.717, 1.165) is 19.3 Å². The minimum absolute atomic E-state index is 0.0511. The number of aliphatic hydroxyl groups excluding tert-OH is 1. The zero-order chi connectivity index (χ0) is 13.1. The van der Waals surface area contributed by atoms with Crippen molar-refractivity contribution < 1.29 is 14.8 Å². The van der Waals surface area contributed by atoms with Gasteiger partial charge in [-0.15, -0.1) is 0 Å². The lowest BCUT2D eigenvalue weighted by Gasteiger charge is -2.17. The second-order valence-electron chi connectivity index (χ2n) is 4.47. The molecule has 0 aliphatic heterocycles. The quantitative estimate of drug-likeness (QED) is 0.545. The number of H-pyrrole nitrogens is 1. The van der Waals surface area contributed by atoms with E-state index in [1.807, 2.05) is 0 Å². The number of hydrogen-bond donors (Lipinski definition) is 3. The highest BCUT2D eigenvalue weighted by molar-refractivity contribution is 5.93. The molecule has 1 aromatic rings. The van der Waals surface area contributed by atoms with E-state index >= 15 is 0 Å². The maximum atomic E-state index is 11.9. The number of nitrogens with one attached hydrogen (secondary N) is 2. The van der Waals surface area contributed by atoms with Crippen LogP contribution in [-0.2, 0) is 0 Å². The molecule has 0 radical (unpaired) electrons. The molecule has 1 saturated carbocycles. The molecule has 1 aliphatic carbocycles. The predicted octanol–water partition coefficient (Wildman–Crippen LogP) is 0.814. The van der Waals surface area contributed by atoms with E-state index in [-0.39, 0.29) is 36.0 Å². The number of amides is 1. The second-order valence-corrected chi connectivity index (χ2v) is 4.47. The number of aromatic amines is 1. The van der Waals surface area contributed by atoms with Crippen molar-refractivity contribution in [2.24, 2.45) is 5.92 Å². The Balaban J connectivity index is 2.00. The summed E-state index contributed by atoms with van der Waals surface area (Å²) in [5, 5.41) is 22.4. The van der Waals surface area contributed by atoms with Crippen molar-refractivity contribution in [3.05, 3.63) is 27.9 Å². The van der Waals surface area contributed by atoms with Crippen molar-refractivity contribution >= 4 is 11.7 Å². The van der Waals surface area contributed by atoms with Gasteiger partial charge in [-0.05, 0) is 23.8 Å². The normalized spacial score (nSPS) is 22.9. The first-order valence-electron chi connectivity index (χ1n) is 5.87. The Morgan fingerprint density at radius 3 is 2.94 bits per heavy atom. The molecule has 2 unspecified atom stereocenters. The van der Waals surface area contributed by atoms with Crippen LogP contribution in [0.4, 0.5) is 5.82 Å². The van der Waals surface area contributed by atoms with E-state index in [9.17, 15) is 14.9 Å². The van der Waals surface area contributed by atoms with Crippen molar-refractivity contribution in [3.8, 4) is 0 Å². The van der Waals surface area contributed by atoms with Crippen molar-refractivity contribution in [2.75, 3.05) is 6.61 Å². The van der Waals surface area contributed by atoms with Gasteiger partial charge in [-0.25, -0.2) is 4.98 Å². The summed E-state index contributed by atoms with van der Waals surface area (Å²) in [5.74, 6) is -0.488. The molecular formula is C11H15N3O4. The zero-order valence-corrected chi connectivity index (χ0v) is 9.76. The number of hydrogen-bond acceptors (Lipinski definition) is 4. The Morgan fingerprint density at radius 2 is 2.33 bits per heavy atom. The van der Waals surface area contributed by atoms with Crippen molar-refractivity contribution in [2.45, 2.75) is 25.3 Å². The van der Waals surface area contributed by atoms with Gasteiger partial charge >= 0.3 is 5.82 Å². The molecule has 0 spiro atoms. The fraction of sp³-hybridized carbons (Fsp3) is 0.545. The molecule has 0 saturated heterocycles. The van der Waals surface area contributed by atoms with E-state index in [0.29, 0.717) is 0 Å². The molecule has 1 fully saturated rings. The molecule has 0 aromatic carbocycles. The van der Waals surface area contributed by atoms with Crippen molar-refractivity contribution in [1.82, 2.24) is 10.3 Å². The van der Waals surface area contributed by atoms with Gasteiger partial charge in [-0.2, -0.15) is 0 Å². The summed E-state index contributed by atoms with van der Waals surface area (Å²) in [6.07, 6.45) is 2.70. The van der Waals surface area contributed by atoms with Crippen molar-refractivity contribution in [1.29, 1.82) is 0 Å². The Bertz CT molecular complexity index is 457. The van der Waals surface area contributed by atoms with Gasteiger partial charge in [0.05, 0.1) is 0 Å². The Morgan fingerprint density at radius 1 is 1.56 bits per heavy atom. The van der Waals surface area contributed by atoms with Gasteiger partial charge < -0.3 is 20.5 Å². The summed E-state index contributed by atoms with van der Waals surface area (Å²) in [7, 11) is 0. The summed E-state index contributed by atoms with van der Waals surface area (Å²) >= 11 is 0. The average molecular weight is 253 g/mol. The van der Waals surface area contributed by atoms with E-state index in [2.05, 4.69) is 10.3 Å². The van der Waals surface area contributed by atoms with Crippen LogP contribution < -0.4 is 5.32 Å². The highest BCUT2D eigenvalue weighted by Crippen LogP contribution is 2.25. The molecule has 1 heterocycles. The molecule has 1 aromatic heterocycles. The molecule has 18 heavy (non-hydrogen) atoms. The molecule has 2 rings (SSSR count). The summed E-state index contributed by atoms with van der Waals surface area (Å²) in [5.41, 5.74) is 0.172. The highest BCUT2D eigenvalue weighted by Gasteiger charge is 2.29. The maximum Gasteiger partial charge on any atom is 0.321 e. The van der Waals surface area contributed by atoms with Gasteiger partial charge in [0.2, 0.25) is 0 Å². The van der Waals surface area contributed by atoms with Crippen molar-refractivity contribution in [3.63, 3.8) is 0 Å². The molecule has 1 aliphatic rings.